The van der Waals surface area contributed by atoms with Gasteiger partial charge in [0, 0.05) is 36.5 Å². The zero-order valence-electron chi connectivity index (χ0n) is 16.7. The number of carbonyl (C=O) groups is 2. The number of nitrogens with one attached hydrogen (secondary N) is 1. The van der Waals surface area contributed by atoms with Crippen LogP contribution >= 0.6 is 34.9 Å². The van der Waals surface area contributed by atoms with Crippen molar-refractivity contribution in [2.24, 2.45) is 0 Å². The smallest absolute Gasteiger partial charge is 0.426 e. The number of anilines is 2. The van der Waals surface area contributed by atoms with Crippen molar-refractivity contribution < 1.29 is 18.7 Å². The van der Waals surface area contributed by atoms with Crippen molar-refractivity contribution in [3.63, 3.8) is 0 Å². The maximum Gasteiger partial charge on any atom is 0.426 e. The number of halogens is 2. The summed E-state index contributed by atoms with van der Waals surface area (Å²) in [5.74, 6) is -0.196. The lowest BCUT2D eigenvalue weighted by molar-refractivity contribution is -0.117. The predicted molar refractivity (Wildman–Crippen MR) is 118 cm³/mol. The number of carbonyl (C=O) groups excluding carboxylic acids is 2. The molecule has 1 saturated heterocycles. The van der Waals surface area contributed by atoms with Gasteiger partial charge in [0.2, 0.25) is 6.41 Å². The average molecular weight is 473 g/mol. The molecule has 2 aromatic rings. The summed E-state index contributed by atoms with van der Waals surface area (Å²) in [5, 5.41) is 5.16. The predicted octanol–water partition coefficient (Wildman–Crippen LogP) is 5.03. The molecule has 0 spiro atoms. The van der Waals surface area contributed by atoms with Crippen LogP contribution < -0.4 is 9.62 Å². The standard InChI is InChI=1S/C19H22ClFN4O3S2/c1-19(2,3)28-18(27)25(17-9-29-10-22-17)30-16-6-13(20)15(7-14(16)21)23-12-4-5-24(8-12)11-26/h6-7,9-12,23H,4-5,8H2,1-3H3. The van der Waals surface area contributed by atoms with Crippen LogP contribution in [0.4, 0.5) is 20.7 Å². The molecule has 1 aromatic carbocycles. The van der Waals surface area contributed by atoms with Gasteiger partial charge >= 0.3 is 6.09 Å². The lowest BCUT2D eigenvalue weighted by Gasteiger charge is -2.25. The molecular formula is C19H22ClFN4O3S2. The molecular weight excluding hydrogens is 451 g/mol. The zero-order valence-corrected chi connectivity index (χ0v) is 19.1. The first-order valence-electron chi connectivity index (χ1n) is 9.20. The van der Waals surface area contributed by atoms with Gasteiger partial charge in [0.25, 0.3) is 0 Å². The van der Waals surface area contributed by atoms with Gasteiger partial charge in [0.1, 0.15) is 11.4 Å². The summed E-state index contributed by atoms with van der Waals surface area (Å²) >= 11 is 8.53. The van der Waals surface area contributed by atoms with Gasteiger partial charge in [-0.3, -0.25) is 4.79 Å². The van der Waals surface area contributed by atoms with Gasteiger partial charge in [-0.05, 0) is 39.3 Å². The molecule has 1 N–H and O–H groups in total. The summed E-state index contributed by atoms with van der Waals surface area (Å²) in [6.07, 6.45) is 0.896. The normalized spacial score (nSPS) is 16.4. The Balaban J connectivity index is 1.79. The Bertz CT molecular complexity index is 908. The maximum absolute atomic E-state index is 14.9. The molecule has 0 saturated carbocycles. The Morgan fingerprint density at radius 1 is 1.50 bits per heavy atom. The molecule has 1 aromatic heterocycles. The highest BCUT2D eigenvalue weighted by Crippen LogP contribution is 2.36. The van der Waals surface area contributed by atoms with Gasteiger partial charge in [-0.2, -0.15) is 4.31 Å². The van der Waals surface area contributed by atoms with E-state index in [1.807, 2.05) is 0 Å². The molecule has 1 aliphatic rings. The zero-order chi connectivity index (χ0) is 21.9. The number of likely N-dealkylation sites (tertiary alicyclic amines) is 1. The van der Waals surface area contributed by atoms with Crippen LogP contribution in [0.2, 0.25) is 5.02 Å². The second-order valence-corrected chi connectivity index (χ2v) is 9.82. The highest BCUT2D eigenvalue weighted by atomic mass is 35.5. The molecule has 7 nitrogen and oxygen atoms in total. The molecule has 162 valence electrons. The topological polar surface area (TPSA) is 74.8 Å². The van der Waals surface area contributed by atoms with Gasteiger partial charge in [0.15, 0.2) is 5.82 Å². The van der Waals surface area contributed by atoms with E-state index < -0.39 is 17.5 Å². The summed E-state index contributed by atoms with van der Waals surface area (Å²) in [7, 11) is 0. The first kappa shape index (κ1) is 22.6. The van der Waals surface area contributed by atoms with E-state index in [-0.39, 0.29) is 10.9 Å². The minimum Gasteiger partial charge on any atom is -0.443 e. The van der Waals surface area contributed by atoms with Crippen LogP contribution in [0.15, 0.2) is 27.9 Å². The minimum atomic E-state index is -0.716. The number of rotatable bonds is 6. The van der Waals surface area contributed by atoms with Gasteiger partial charge in [-0.1, -0.05) is 11.6 Å². The minimum absolute atomic E-state index is 0.00105. The molecule has 1 atom stereocenters. The van der Waals surface area contributed by atoms with Gasteiger partial charge in [0.05, 0.1) is 21.1 Å². The number of amides is 2. The maximum atomic E-state index is 14.9. The number of thiazole rings is 1. The monoisotopic (exact) mass is 472 g/mol. The second-order valence-electron chi connectivity index (χ2n) is 7.71. The fourth-order valence-corrected chi connectivity index (χ4v) is 4.50. The first-order chi connectivity index (χ1) is 14.2. The van der Waals surface area contributed by atoms with E-state index >= 15 is 0 Å². The molecule has 1 fully saturated rings. The molecule has 3 rings (SSSR count). The Morgan fingerprint density at radius 2 is 2.27 bits per heavy atom. The lowest BCUT2D eigenvalue weighted by Crippen LogP contribution is -2.33. The van der Waals surface area contributed by atoms with Crippen molar-refractivity contribution in [1.82, 2.24) is 9.88 Å². The second kappa shape index (κ2) is 9.40. The van der Waals surface area contributed by atoms with Crippen LogP contribution in [0.3, 0.4) is 0 Å². The van der Waals surface area contributed by atoms with Crippen LogP contribution in [0.1, 0.15) is 27.2 Å². The van der Waals surface area contributed by atoms with E-state index in [1.54, 1.807) is 36.6 Å². The number of nitrogens with zero attached hydrogens (tertiary/aromatic N) is 3. The summed E-state index contributed by atoms with van der Waals surface area (Å²) in [5.41, 5.74) is 1.30. The molecule has 2 amide bonds. The summed E-state index contributed by atoms with van der Waals surface area (Å²) < 4.78 is 21.5. The van der Waals surface area contributed by atoms with E-state index in [0.29, 0.717) is 29.6 Å². The lowest BCUT2D eigenvalue weighted by atomic mass is 10.2. The van der Waals surface area contributed by atoms with E-state index in [2.05, 4.69) is 10.3 Å². The fraction of sp³-hybridized carbons (Fsp3) is 0.421. The van der Waals surface area contributed by atoms with Crippen LogP contribution in [0.5, 0.6) is 0 Å². The molecule has 0 bridgehead atoms. The number of hydrogen-bond donors (Lipinski definition) is 1. The van der Waals surface area contributed by atoms with E-state index in [9.17, 15) is 14.0 Å². The highest BCUT2D eigenvalue weighted by molar-refractivity contribution is 8.01. The Kier molecular flexibility index (Phi) is 7.10. The third-order valence-corrected chi connectivity index (χ3v) is 6.04. The number of benzene rings is 1. The number of hydrogen-bond acceptors (Lipinski definition) is 7. The van der Waals surface area contributed by atoms with Crippen molar-refractivity contribution in [3.05, 3.63) is 33.9 Å². The first-order valence-corrected chi connectivity index (χ1v) is 11.3. The highest BCUT2D eigenvalue weighted by Gasteiger charge is 2.28. The third kappa shape index (κ3) is 5.77. The van der Waals surface area contributed by atoms with Crippen LogP contribution in [-0.2, 0) is 9.53 Å². The van der Waals surface area contributed by atoms with Crippen LogP contribution in [-0.4, -0.2) is 47.1 Å². The van der Waals surface area contributed by atoms with Crippen LogP contribution in [0.25, 0.3) is 0 Å². The molecule has 11 heteroatoms. The largest absolute Gasteiger partial charge is 0.443 e. The average Bonchev–Trinajstić information content (AvgIpc) is 3.33. The van der Waals surface area contributed by atoms with Crippen molar-refractivity contribution in [2.75, 3.05) is 22.7 Å². The summed E-state index contributed by atoms with van der Waals surface area (Å²) in [6.45, 7) is 6.44. The van der Waals surface area contributed by atoms with Gasteiger partial charge in [-0.15, -0.1) is 11.3 Å². The van der Waals surface area contributed by atoms with Crippen molar-refractivity contribution in [2.45, 2.75) is 43.7 Å². The van der Waals surface area contributed by atoms with Gasteiger partial charge < -0.3 is 15.0 Å². The van der Waals surface area contributed by atoms with E-state index in [4.69, 9.17) is 16.3 Å². The molecule has 2 heterocycles. The van der Waals surface area contributed by atoms with Crippen molar-refractivity contribution in [3.8, 4) is 0 Å². The van der Waals surface area contributed by atoms with Crippen molar-refractivity contribution >= 4 is 58.9 Å². The molecule has 1 unspecified atom stereocenters. The quantitative estimate of drug-likeness (QED) is 0.469. The Morgan fingerprint density at radius 3 is 2.87 bits per heavy atom. The molecule has 1 aliphatic heterocycles. The SMILES string of the molecule is CC(C)(C)OC(=O)N(Sc1cc(Cl)c(NC2CCN(C=O)C2)cc1F)c1cscn1. The van der Waals surface area contributed by atoms with Crippen LogP contribution in [0, 0.1) is 5.82 Å². The van der Waals surface area contributed by atoms with E-state index in [0.717, 1.165) is 24.8 Å². The van der Waals surface area contributed by atoms with Crippen molar-refractivity contribution in [1.29, 1.82) is 0 Å². The van der Waals surface area contributed by atoms with E-state index in [1.165, 1.54) is 27.8 Å². The summed E-state index contributed by atoms with van der Waals surface area (Å²) in [6, 6.07) is 2.75. The number of ether oxygens (including phenoxy) is 1. The molecule has 30 heavy (non-hydrogen) atoms. The Hall–Kier alpha value is -2.04. The Labute approximate surface area is 187 Å². The number of aromatic nitrogens is 1. The summed E-state index contributed by atoms with van der Waals surface area (Å²) in [4.78, 5) is 29.5. The fourth-order valence-electron chi connectivity index (χ4n) is 2.82. The molecule has 0 radical (unpaired) electrons. The van der Waals surface area contributed by atoms with Gasteiger partial charge in [-0.25, -0.2) is 14.2 Å². The molecule has 0 aliphatic carbocycles. The third-order valence-electron chi connectivity index (χ3n) is 4.13.